The number of esters is 1. The summed E-state index contributed by atoms with van der Waals surface area (Å²) in [6.45, 7) is 4.22. The van der Waals surface area contributed by atoms with E-state index >= 15 is 0 Å². The lowest BCUT2D eigenvalue weighted by atomic mass is 9.99. The number of carbonyl (C=O) groups is 1. The Morgan fingerprint density at radius 1 is 1.32 bits per heavy atom. The molecule has 1 aromatic carbocycles. The van der Waals surface area contributed by atoms with Crippen molar-refractivity contribution in [3.8, 4) is 0 Å². The highest BCUT2D eigenvalue weighted by Crippen LogP contribution is 2.33. The van der Waals surface area contributed by atoms with E-state index in [1.54, 1.807) is 4.68 Å². The number of nitrogens with one attached hydrogen (secondary N) is 1. The van der Waals surface area contributed by atoms with Crippen LogP contribution in [-0.2, 0) is 9.53 Å². The molecule has 0 radical (unpaired) electrons. The zero-order valence-electron chi connectivity index (χ0n) is 14.5. The Hall–Kier alpha value is -2.89. The van der Waals surface area contributed by atoms with Crippen molar-refractivity contribution in [3.63, 3.8) is 0 Å². The Labute approximate surface area is 147 Å². The third kappa shape index (κ3) is 3.63. The molecule has 130 valence electrons. The predicted molar refractivity (Wildman–Crippen MR) is 96.7 cm³/mol. The molecule has 0 aliphatic carbocycles. The summed E-state index contributed by atoms with van der Waals surface area (Å²) in [5, 5.41) is 7.52. The largest absolute Gasteiger partial charge is 0.463 e. The zero-order chi connectivity index (χ0) is 17.6. The Bertz CT molecular complexity index is 793. The molecule has 25 heavy (non-hydrogen) atoms. The van der Waals surface area contributed by atoms with Crippen molar-refractivity contribution in [1.82, 2.24) is 14.8 Å². The second-order valence-electron chi connectivity index (χ2n) is 5.73. The van der Waals surface area contributed by atoms with Gasteiger partial charge in [-0.1, -0.05) is 55.8 Å². The molecule has 3 rings (SSSR count). The van der Waals surface area contributed by atoms with Crippen LogP contribution >= 0.6 is 0 Å². The van der Waals surface area contributed by atoms with Crippen molar-refractivity contribution in [2.45, 2.75) is 32.7 Å². The van der Waals surface area contributed by atoms with Crippen LogP contribution < -0.4 is 5.32 Å². The van der Waals surface area contributed by atoms with Gasteiger partial charge in [0.25, 0.3) is 0 Å². The van der Waals surface area contributed by atoms with Crippen LogP contribution in [0, 0.1) is 0 Å². The smallest absolute Gasteiger partial charge is 0.338 e. The first kappa shape index (κ1) is 17.0. The monoisotopic (exact) mass is 338 g/mol. The predicted octanol–water partition coefficient (Wildman–Crippen LogP) is 3.58. The maximum atomic E-state index is 12.6. The van der Waals surface area contributed by atoms with Crippen molar-refractivity contribution in [2.24, 2.45) is 0 Å². The van der Waals surface area contributed by atoms with Crippen LogP contribution in [0.5, 0.6) is 0 Å². The first-order chi connectivity index (χ1) is 12.2. The molecule has 1 atom stereocenters. The van der Waals surface area contributed by atoms with Crippen LogP contribution in [0.15, 0.2) is 54.0 Å². The molecule has 0 unspecified atom stereocenters. The molecule has 6 nitrogen and oxygen atoms in total. The minimum absolute atomic E-state index is 0.317. The lowest BCUT2D eigenvalue weighted by Gasteiger charge is -2.27. The fourth-order valence-electron chi connectivity index (χ4n) is 2.89. The summed E-state index contributed by atoms with van der Waals surface area (Å²) in [6, 6.07) is 9.61. The lowest BCUT2D eigenvalue weighted by Crippen LogP contribution is -2.28. The molecule has 0 fully saturated rings. The van der Waals surface area contributed by atoms with Crippen molar-refractivity contribution in [3.05, 3.63) is 59.6 Å². The van der Waals surface area contributed by atoms with Crippen molar-refractivity contribution < 1.29 is 9.53 Å². The number of benzene rings is 1. The SMILES string of the molecule is CCCC1=C(C(=O)OCC)[C@@H](/C=C/c2ccccc2)n2ncnc2N1. The van der Waals surface area contributed by atoms with E-state index in [0.717, 1.165) is 24.1 Å². The quantitative estimate of drug-likeness (QED) is 0.815. The van der Waals surface area contributed by atoms with Crippen LogP contribution in [0.25, 0.3) is 6.08 Å². The van der Waals surface area contributed by atoms with Crippen molar-refractivity contribution in [2.75, 3.05) is 11.9 Å². The van der Waals surface area contributed by atoms with Crippen molar-refractivity contribution in [1.29, 1.82) is 0 Å². The molecule has 0 saturated carbocycles. The first-order valence-corrected chi connectivity index (χ1v) is 8.54. The fraction of sp³-hybridized carbons (Fsp3) is 0.316. The molecular weight excluding hydrogens is 316 g/mol. The van der Waals surface area contributed by atoms with Crippen LogP contribution in [0.2, 0.25) is 0 Å². The summed E-state index contributed by atoms with van der Waals surface area (Å²) in [5.74, 6) is 0.321. The number of aromatic nitrogens is 3. The molecule has 1 aliphatic heterocycles. The van der Waals surface area contributed by atoms with E-state index in [1.807, 2.05) is 49.4 Å². The van der Waals surface area contributed by atoms with Gasteiger partial charge in [0.15, 0.2) is 0 Å². The van der Waals surface area contributed by atoms with Gasteiger partial charge in [-0.15, -0.1) is 0 Å². The average Bonchev–Trinajstić information content (AvgIpc) is 3.09. The van der Waals surface area contributed by atoms with Crippen LogP contribution in [0.4, 0.5) is 5.95 Å². The van der Waals surface area contributed by atoms with Gasteiger partial charge in [0.2, 0.25) is 5.95 Å². The van der Waals surface area contributed by atoms with Crippen LogP contribution in [0.3, 0.4) is 0 Å². The van der Waals surface area contributed by atoms with Gasteiger partial charge in [0.05, 0.1) is 12.2 Å². The summed E-state index contributed by atoms with van der Waals surface area (Å²) in [5.41, 5.74) is 2.50. The maximum absolute atomic E-state index is 12.6. The Morgan fingerprint density at radius 3 is 2.84 bits per heavy atom. The van der Waals surface area contributed by atoms with Crippen LogP contribution in [0.1, 0.15) is 38.3 Å². The summed E-state index contributed by atoms with van der Waals surface area (Å²) in [6.07, 6.45) is 7.11. The number of rotatable bonds is 6. The number of nitrogens with zero attached hydrogens (tertiary/aromatic N) is 3. The molecule has 0 amide bonds. The molecular formula is C19H22N4O2. The third-order valence-corrected chi connectivity index (χ3v) is 3.99. The number of anilines is 1. The molecule has 1 aromatic heterocycles. The number of hydrogen-bond acceptors (Lipinski definition) is 5. The molecule has 0 bridgehead atoms. The van der Waals surface area contributed by atoms with Gasteiger partial charge in [-0.2, -0.15) is 10.1 Å². The van der Waals surface area contributed by atoms with Gasteiger partial charge in [-0.3, -0.25) is 0 Å². The number of fused-ring (bicyclic) bond motifs is 1. The highest BCUT2D eigenvalue weighted by atomic mass is 16.5. The first-order valence-electron chi connectivity index (χ1n) is 8.54. The Balaban J connectivity index is 2.03. The normalized spacial score (nSPS) is 16.6. The van der Waals surface area contributed by atoms with E-state index in [0.29, 0.717) is 18.1 Å². The summed E-state index contributed by atoms with van der Waals surface area (Å²) >= 11 is 0. The summed E-state index contributed by atoms with van der Waals surface area (Å²) in [7, 11) is 0. The van der Waals surface area contributed by atoms with E-state index in [9.17, 15) is 4.79 Å². The third-order valence-electron chi connectivity index (χ3n) is 3.99. The number of carbonyl (C=O) groups excluding carboxylic acids is 1. The molecule has 0 spiro atoms. The average molecular weight is 338 g/mol. The van der Waals surface area contributed by atoms with E-state index in [1.165, 1.54) is 6.33 Å². The molecule has 1 aliphatic rings. The standard InChI is InChI=1S/C19H22N4O2/c1-3-8-15-17(18(24)25-4-2)16(23-19(22-15)20-13-21-23)12-11-14-9-6-5-7-10-14/h5-7,9-13,16H,3-4,8H2,1-2H3,(H,20,21,22)/b12-11+/t16-/m1/s1. The lowest BCUT2D eigenvalue weighted by molar-refractivity contribution is -0.139. The second kappa shape index (κ2) is 7.79. The highest BCUT2D eigenvalue weighted by molar-refractivity contribution is 5.92. The summed E-state index contributed by atoms with van der Waals surface area (Å²) in [4.78, 5) is 16.9. The van der Waals surface area contributed by atoms with E-state index in [2.05, 4.69) is 22.3 Å². The number of hydrogen-bond donors (Lipinski definition) is 1. The van der Waals surface area contributed by atoms with Gasteiger partial charge in [0, 0.05) is 5.70 Å². The molecule has 2 aromatic rings. The van der Waals surface area contributed by atoms with E-state index in [4.69, 9.17) is 4.74 Å². The van der Waals surface area contributed by atoms with E-state index < -0.39 is 0 Å². The van der Waals surface area contributed by atoms with Gasteiger partial charge < -0.3 is 10.1 Å². The van der Waals surface area contributed by atoms with Crippen molar-refractivity contribution >= 4 is 18.0 Å². The Kier molecular flexibility index (Phi) is 5.28. The minimum atomic E-state index is -0.348. The Morgan fingerprint density at radius 2 is 2.12 bits per heavy atom. The molecule has 6 heteroatoms. The maximum Gasteiger partial charge on any atom is 0.338 e. The molecule has 2 heterocycles. The molecule has 1 N–H and O–H groups in total. The highest BCUT2D eigenvalue weighted by Gasteiger charge is 2.32. The van der Waals surface area contributed by atoms with Crippen LogP contribution in [-0.4, -0.2) is 27.3 Å². The number of allylic oxidation sites excluding steroid dienone is 2. The fourth-order valence-corrected chi connectivity index (χ4v) is 2.89. The summed E-state index contributed by atoms with van der Waals surface area (Å²) < 4.78 is 7.01. The van der Waals surface area contributed by atoms with Gasteiger partial charge in [-0.05, 0) is 18.9 Å². The van der Waals surface area contributed by atoms with Gasteiger partial charge in [0.1, 0.15) is 12.4 Å². The molecule has 0 saturated heterocycles. The topological polar surface area (TPSA) is 69.0 Å². The zero-order valence-corrected chi connectivity index (χ0v) is 14.5. The van der Waals surface area contributed by atoms with Gasteiger partial charge in [-0.25, -0.2) is 9.48 Å². The van der Waals surface area contributed by atoms with Gasteiger partial charge >= 0.3 is 5.97 Å². The minimum Gasteiger partial charge on any atom is -0.463 e. The van der Waals surface area contributed by atoms with E-state index in [-0.39, 0.29) is 12.0 Å². The number of ether oxygens (including phenoxy) is 1. The second-order valence-corrected chi connectivity index (χ2v) is 5.73.